The van der Waals surface area contributed by atoms with Gasteiger partial charge in [-0.1, -0.05) is 40.2 Å². The van der Waals surface area contributed by atoms with E-state index in [4.69, 9.17) is 4.74 Å². The van der Waals surface area contributed by atoms with E-state index in [-0.39, 0.29) is 18.2 Å². The predicted octanol–water partition coefficient (Wildman–Crippen LogP) is 6.50. The quantitative estimate of drug-likeness (QED) is 0.0969. The number of aryl methyl sites for hydroxylation is 1. The van der Waals surface area contributed by atoms with Crippen LogP contribution in [0.1, 0.15) is 31.9 Å². The Morgan fingerprint density at radius 1 is 1.05 bits per heavy atom. The summed E-state index contributed by atoms with van der Waals surface area (Å²) in [5.74, 6) is -2.64. The number of benzene rings is 1. The van der Waals surface area contributed by atoms with E-state index in [1.165, 1.54) is 20.8 Å². The largest absolute Gasteiger partial charge is 0.511 e. The smallest absolute Gasteiger partial charge is 0.475 e. The Hall–Kier alpha value is -3.51. The van der Waals surface area contributed by atoms with Gasteiger partial charge >= 0.3 is 28.5 Å². The number of alkyl halides is 3. The molecule has 0 radical (unpaired) electrons. The maximum Gasteiger partial charge on any atom is 0.511 e. The number of carbonyl (C=O) groups excluding carboxylic acids is 2. The zero-order valence-electron chi connectivity index (χ0n) is 20.2. The first-order chi connectivity index (χ1) is 17.4. The Morgan fingerprint density at radius 2 is 1.67 bits per heavy atom. The van der Waals surface area contributed by atoms with Crippen LogP contribution in [0.5, 0.6) is 5.75 Å². The molecule has 1 aromatic carbocycles. The van der Waals surface area contributed by atoms with E-state index in [9.17, 15) is 52.3 Å². The van der Waals surface area contributed by atoms with Crippen LogP contribution >= 0.6 is 10.2 Å². The number of hydrogen-bond donors (Lipinski definition) is 0. The van der Waals surface area contributed by atoms with Crippen molar-refractivity contribution < 1.29 is 71.1 Å². The molecule has 0 saturated carbocycles. The topological polar surface area (TPSA) is 123 Å². The van der Waals surface area contributed by atoms with E-state index in [0.29, 0.717) is 0 Å². The van der Waals surface area contributed by atoms with Crippen molar-refractivity contribution in [3.8, 4) is 5.75 Å². The van der Waals surface area contributed by atoms with Gasteiger partial charge in [0.05, 0.1) is 5.57 Å². The maximum absolute atomic E-state index is 13.6. The highest BCUT2D eigenvalue weighted by Gasteiger charge is 2.66. The summed E-state index contributed by atoms with van der Waals surface area (Å²) in [6.45, 7) is 1.69. The van der Waals surface area contributed by atoms with Gasteiger partial charge in [0.25, 0.3) is 5.09 Å². The maximum atomic E-state index is 13.6. The minimum atomic E-state index is -10.3. The molecule has 19 heteroatoms. The fourth-order valence-corrected chi connectivity index (χ4v) is 3.75. The lowest BCUT2D eigenvalue weighted by molar-refractivity contribution is -0.760. The SMILES string of the molecule is CCc1cc(S(F)(F)(F)(F)F)cc2c1OC(C(F)(F)F)C(C(=O)OCOC(=O)OCC(C)(C)CO[N+](=O)[O-])=C2. The van der Waals surface area contributed by atoms with Crippen LogP contribution in [-0.2, 0) is 30.3 Å². The normalized spacial score (nSPS) is 17.4. The summed E-state index contributed by atoms with van der Waals surface area (Å²) < 4.78 is 126. The summed E-state index contributed by atoms with van der Waals surface area (Å²) in [4.78, 5) is 35.9. The fourth-order valence-electron chi connectivity index (χ4n) is 3.03. The minimum Gasteiger partial charge on any atom is -0.475 e. The molecule has 0 aromatic heterocycles. The zero-order chi connectivity index (χ0) is 30.1. The molecule has 1 aliphatic heterocycles. The first-order valence-electron chi connectivity index (χ1n) is 10.5. The second kappa shape index (κ2) is 9.91. The molecule has 0 bridgehead atoms. The average molecular weight is 603 g/mol. The van der Waals surface area contributed by atoms with Gasteiger partial charge in [-0.2, -0.15) is 13.2 Å². The van der Waals surface area contributed by atoms with Gasteiger partial charge in [-0.15, -0.1) is 10.1 Å². The molecule has 0 aliphatic carbocycles. The summed E-state index contributed by atoms with van der Waals surface area (Å²) in [5, 5.41) is 9.14. The Labute approximate surface area is 214 Å². The summed E-state index contributed by atoms with van der Waals surface area (Å²) in [7, 11) is -10.3. The monoisotopic (exact) mass is 603 g/mol. The standard InChI is InChI=1S/C20H21F8NO9S/c1-4-11-5-13(39(24,25,26,27)28)6-12-7-14(16(20(21,22)23)38-15(11)12)17(30)35-10-36-18(31)34-8-19(2,3)9-37-29(32)33/h5-7,16H,4,8-10H2,1-3H3. The number of esters is 1. The number of hydrogen-bond acceptors (Lipinski definition) is 9. The molecule has 1 atom stereocenters. The molecular formula is C20H21F8NO9S. The Morgan fingerprint density at radius 3 is 2.18 bits per heavy atom. The van der Waals surface area contributed by atoms with Gasteiger partial charge in [-0.3, -0.25) is 0 Å². The molecule has 1 unspecified atom stereocenters. The molecule has 10 nitrogen and oxygen atoms in total. The van der Waals surface area contributed by atoms with Crippen molar-refractivity contribution >= 4 is 28.4 Å². The van der Waals surface area contributed by atoms with E-state index in [2.05, 4.69) is 19.0 Å². The van der Waals surface area contributed by atoms with Gasteiger partial charge in [0, 0.05) is 11.0 Å². The molecule has 1 aromatic rings. The van der Waals surface area contributed by atoms with E-state index < -0.39 is 98.9 Å². The third-order valence-corrected chi connectivity index (χ3v) is 5.99. The molecule has 1 aliphatic rings. The number of ether oxygens (including phenoxy) is 4. The molecule has 0 fully saturated rings. The highest BCUT2D eigenvalue weighted by molar-refractivity contribution is 8.45. The number of nitrogens with zero attached hydrogens (tertiary/aromatic N) is 1. The summed E-state index contributed by atoms with van der Waals surface area (Å²) in [6.07, 6.45) is -10.0. The van der Waals surface area contributed by atoms with Gasteiger partial charge < -0.3 is 23.8 Å². The van der Waals surface area contributed by atoms with Crippen LogP contribution in [0.15, 0.2) is 22.6 Å². The van der Waals surface area contributed by atoms with Gasteiger partial charge in [-0.25, -0.2) is 9.59 Å². The summed E-state index contributed by atoms with van der Waals surface area (Å²) in [6, 6.07) is -0.163. The second-order valence-electron chi connectivity index (χ2n) is 8.86. The van der Waals surface area contributed by atoms with Gasteiger partial charge in [0.15, 0.2) is 0 Å². The molecule has 222 valence electrons. The zero-order valence-corrected chi connectivity index (χ0v) is 21.0. The van der Waals surface area contributed by atoms with E-state index in [1.54, 1.807) is 0 Å². The third-order valence-electron chi connectivity index (χ3n) is 4.86. The van der Waals surface area contributed by atoms with E-state index >= 15 is 0 Å². The van der Waals surface area contributed by atoms with Crippen molar-refractivity contribution in [3.63, 3.8) is 0 Å². The Kier molecular flexibility index (Phi) is 8.05. The molecule has 1 heterocycles. The van der Waals surface area contributed by atoms with Crippen molar-refractivity contribution in [1.82, 2.24) is 0 Å². The molecule has 0 amide bonds. The van der Waals surface area contributed by atoms with E-state index in [0.717, 1.165) is 0 Å². The summed E-state index contributed by atoms with van der Waals surface area (Å²) in [5.41, 5.74) is -3.99. The van der Waals surface area contributed by atoms with Gasteiger partial charge in [0.1, 0.15) is 23.9 Å². The summed E-state index contributed by atoms with van der Waals surface area (Å²) >= 11 is 0. The number of carbonyl (C=O) groups is 2. The lowest BCUT2D eigenvalue weighted by Crippen LogP contribution is -2.41. The predicted molar refractivity (Wildman–Crippen MR) is 116 cm³/mol. The van der Waals surface area contributed by atoms with Crippen molar-refractivity contribution in [2.75, 3.05) is 20.0 Å². The van der Waals surface area contributed by atoms with Gasteiger partial charge in [0.2, 0.25) is 12.9 Å². The molecule has 0 N–H and O–H groups in total. The van der Waals surface area contributed by atoms with Crippen LogP contribution in [-0.4, -0.2) is 49.5 Å². The van der Waals surface area contributed by atoms with Gasteiger partial charge in [-0.05, 0) is 30.2 Å². The third kappa shape index (κ3) is 8.75. The first-order valence-corrected chi connectivity index (χ1v) is 12.5. The fraction of sp³-hybridized carbons (Fsp3) is 0.500. The van der Waals surface area contributed by atoms with Crippen LogP contribution in [0, 0.1) is 15.5 Å². The van der Waals surface area contributed by atoms with Crippen LogP contribution in [0.2, 0.25) is 0 Å². The second-order valence-corrected chi connectivity index (χ2v) is 11.3. The molecule has 39 heavy (non-hydrogen) atoms. The molecule has 0 spiro atoms. The number of rotatable bonds is 10. The van der Waals surface area contributed by atoms with Crippen molar-refractivity contribution in [1.29, 1.82) is 0 Å². The van der Waals surface area contributed by atoms with Crippen molar-refractivity contribution in [2.45, 2.75) is 44.4 Å². The average Bonchev–Trinajstić information content (AvgIpc) is 2.77. The van der Waals surface area contributed by atoms with Crippen LogP contribution in [0.3, 0.4) is 0 Å². The highest BCUT2D eigenvalue weighted by Crippen LogP contribution is 3.02. The Balaban J connectivity index is 2.23. The number of halogens is 8. The highest BCUT2D eigenvalue weighted by atomic mass is 32.5. The number of fused-ring (bicyclic) bond motifs is 1. The van der Waals surface area contributed by atoms with Crippen LogP contribution < -0.4 is 4.74 Å². The van der Waals surface area contributed by atoms with Crippen LogP contribution in [0.25, 0.3) is 6.08 Å². The lowest BCUT2D eigenvalue weighted by atomic mass is 9.97. The van der Waals surface area contributed by atoms with Crippen molar-refractivity contribution in [3.05, 3.63) is 38.9 Å². The molecule has 0 saturated heterocycles. The van der Waals surface area contributed by atoms with Crippen LogP contribution in [0.4, 0.5) is 37.4 Å². The minimum absolute atomic E-state index is 0.0186. The molecule has 2 rings (SSSR count). The molecular weight excluding hydrogens is 582 g/mol. The van der Waals surface area contributed by atoms with E-state index in [1.807, 2.05) is 0 Å². The van der Waals surface area contributed by atoms with Crippen molar-refractivity contribution in [2.24, 2.45) is 5.41 Å². The lowest BCUT2D eigenvalue weighted by Gasteiger charge is -2.41. The Bertz CT molecular complexity index is 1180. The first kappa shape index (κ1) is 31.7.